The SMILES string of the molecule is COC(=O)c1ccc(C(C)NCCCC(=O)NC2CC2)o1. The van der Waals surface area contributed by atoms with E-state index < -0.39 is 5.97 Å². The molecule has 2 N–H and O–H groups in total. The predicted octanol–water partition coefficient (Wildman–Crippen LogP) is 1.78. The summed E-state index contributed by atoms with van der Waals surface area (Å²) in [6.07, 6.45) is 3.53. The van der Waals surface area contributed by atoms with Crippen molar-refractivity contribution in [3.05, 3.63) is 23.7 Å². The molecule has 1 aromatic rings. The van der Waals surface area contributed by atoms with Crippen molar-refractivity contribution < 1.29 is 18.7 Å². The molecule has 0 spiro atoms. The number of rotatable bonds is 8. The van der Waals surface area contributed by atoms with E-state index in [-0.39, 0.29) is 17.7 Å². The molecule has 0 radical (unpaired) electrons. The third-order valence-corrected chi connectivity index (χ3v) is 3.41. The summed E-state index contributed by atoms with van der Waals surface area (Å²) >= 11 is 0. The number of carbonyl (C=O) groups excluding carboxylic acids is 2. The van der Waals surface area contributed by atoms with Crippen molar-refractivity contribution in [1.82, 2.24) is 10.6 Å². The quantitative estimate of drug-likeness (QED) is 0.564. The lowest BCUT2D eigenvalue weighted by Gasteiger charge is -2.11. The lowest BCUT2D eigenvalue weighted by molar-refractivity contribution is -0.121. The van der Waals surface area contributed by atoms with E-state index in [1.165, 1.54) is 7.11 Å². The van der Waals surface area contributed by atoms with Crippen LogP contribution in [0.2, 0.25) is 0 Å². The number of hydrogen-bond acceptors (Lipinski definition) is 5. The molecule has 6 heteroatoms. The molecule has 1 aromatic heterocycles. The van der Waals surface area contributed by atoms with Crippen molar-refractivity contribution in [2.24, 2.45) is 0 Å². The van der Waals surface area contributed by atoms with Crippen molar-refractivity contribution in [3.63, 3.8) is 0 Å². The van der Waals surface area contributed by atoms with Crippen LogP contribution < -0.4 is 10.6 Å². The number of furan rings is 1. The van der Waals surface area contributed by atoms with Gasteiger partial charge in [-0.15, -0.1) is 0 Å². The third kappa shape index (κ3) is 4.90. The number of nitrogens with one attached hydrogen (secondary N) is 2. The molecular weight excluding hydrogens is 272 g/mol. The Bertz CT molecular complexity index is 494. The predicted molar refractivity (Wildman–Crippen MR) is 76.9 cm³/mol. The van der Waals surface area contributed by atoms with Gasteiger partial charge in [0, 0.05) is 12.5 Å². The number of amides is 1. The molecular formula is C15H22N2O4. The minimum absolute atomic E-state index is 0.0186. The maximum absolute atomic E-state index is 11.5. The molecule has 0 aliphatic heterocycles. The molecule has 0 bridgehead atoms. The van der Waals surface area contributed by atoms with Gasteiger partial charge in [-0.3, -0.25) is 4.79 Å². The fourth-order valence-electron chi connectivity index (χ4n) is 1.99. The van der Waals surface area contributed by atoms with Crippen molar-refractivity contribution >= 4 is 11.9 Å². The second kappa shape index (κ2) is 7.26. The van der Waals surface area contributed by atoms with Crippen LogP contribution in [0.5, 0.6) is 0 Å². The molecule has 1 fully saturated rings. The molecule has 1 amide bonds. The van der Waals surface area contributed by atoms with Gasteiger partial charge in [0.05, 0.1) is 13.2 Å². The lowest BCUT2D eigenvalue weighted by atomic mass is 10.2. The normalized spacial score (nSPS) is 15.5. The van der Waals surface area contributed by atoms with Gasteiger partial charge in [-0.2, -0.15) is 0 Å². The first-order chi connectivity index (χ1) is 10.1. The summed E-state index contributed by atoms with van der Waals surface area (Å²) in [5.74, 6) is 0.519. The van der Waals surface area contributed by atoms with E-state index in [1.54, 1.807) is 12.1 Å². The maximum atomic E-state index is 11.5. The highest BCUT2D eigenvalue weighted by molar-refractivity contribution is 5.86. The van der Waals surface area contributed by atoms with E-state index in [2.05, 4.69) is 15.4 Å². The Labute approximate surface area is 124 Å². The molecule has 1 unspecified atom stereocenters. The zero-order chi connectivity index (χ0) is 15.2. The Kier molecular flexibility index (Phi) is 5.38. The van der Waals surface area contributed by atoms with Gasteiger partial charge in [0.1, 0.15) is 5.76 Å². The monoisotopic (exact) mass is 294 g/mol. The Morgan fingerprint density at radius 2 is 2.19 bits per heavy atom. The average Bonchev–Trinajstić information content (AvgIpc) is 3.14. The minimum Gasteiger partial charge on any atom is -0.463 e. The van der Waals surface area contributed by atoms with Crippen LogP contribution in [0.4, 0.5) is 0 Å². The molecule has 1 atom stereocenters. The Balaban J connectivity index is 1.66. The van der Waals surface area contributed by atoms with Gasteiger partial charge >= 0.3 is 5.97 Å². The van der Waals surface area contributed by atoms with Crippen LogP contribution in [0.1, 0.15) is 55.0 Å². The first-order valence-corrected chi connectivity index (χ1v) is 7.31. The first kappa shape index (κ1) is 15.6. The van der Waals surface area contributed by atoms with Gasteiger partial charge in [0.2, 0.25) is 11.7 Å². The maximum Gasteiger partial charge on any atom is 0.373 e. The molecule has 0 saturated heterocycles. The summed E-state index contributed by atoms with van der Waals surface area (Å²) in [6, 6.07) is 3.76. The Morgan fingerprint density at radius 1 is 1.43 bits per heavy atom. The molecule has 21 heavy (non-hydrogen) atoms. The topological polar surface area (TPSA) is 80.6 Å². The fourth-order valence-corrected chi connectivity index (χ4v) is 1.99. The summed E-state index contributed by atoms with van der Waals surface area (Å²) in [6.45, 7) is 2.66. The van der Waals surface area contributed by atoms with E-state index in [0.717, 1.165) is 19.3 Å². The number of hydrogen-bond donors (Lipinski definition) is 2. The van der Waals surface area contributed by atoms with Crippen molar-refractivity contribution in [1.29, 1.82) is 0 Å². The van der Waals surface area contributed by atoms with Gasteiger partial charge in [0.15, 0.2) is 0 Å². The number of carbonyl (C=O) groups is 2. The van der Waals surface area contributed by atoms with E-state index in [4.69, 9.17) is 4.42 Å². The highest BCUT2D eigenvalue weighted by Crippen LogP contribution is 2.19. The number of methoxy groups -OCH3 is 1. The second-order valence-corrected chi connectivity index (χ2v) is 5.31. The highest BCUT2D eigenvalue weighted by atomic mass is 16.5. The molecule has 116 valence electrons. The van der Waals surface area contributed by atoms with Crippen molar-refractivity contribution in [3.8, 4) is 0 Å². The molecule has 1 aliphatic carbocycles. The molecule has 1 heterocycles. The van der Waals surface area contributed by atoms with Crippen molar-refractivity contribution in [2.45, 2.75) is 44.7 Å². The molecule has 0 aromatic carbocycles. The van der Waals surface area contributed by atoms with Gasteiger partial charge < -0.3 is 19.8 Å². The van der Waals surface area contributed by atoms with Crippen LogP contribution in [0.3, 0.4) is 0 Å². The van der Waals surface area contributed by atoms with E-state index in [1.807, 2.05) is 6.92 Å². The van der Waals surface area contributed by atoms with Gasteiger partial charge in [-0.1, -0.05) is 0 Å². The lowest BCUT2D eigenvalue weighted by Crippen LogP contribution is -2.27. The Hall–Kier alpha value is -1.82. The molecule has 1 aliphatic rings. The van der Waals surface area contributed by atoms with Crippen LogP contribution in [0, 0.1) is 0 Å². The average molecular weight is 294 g/mol. The molecule has 1 saturated carbocycles. The van der Waals surface area contributed by atoms with Crippen LogP contribution in [0.25, 0.3) is 0 Å². The first-order valence-electron chi connectivity index (χ1n) is 7.31. The van der Waals surface area contributed by atoms with Crippen molar-refractivity contribution in [2.75, 3.05) is 13.7 Å². The number of esters is 1. The summed E-state index contributed by atoms with van der Waals surface area (Å²) in [4.78, 5) is 22.8. The van der Waals surface area contributed by atoms with E-state index >= 15 is 0 Å². The third-order valence-electron chi connectivity index (χ3n) is 3.41. The van der Waals surface area contributed by atoms with E-state index in [9.17, 15) is 9.59 Å². The summed E-state index contributed by atoms with van der Waals surface area (Å²) in [5, 5.41) is 6.23. The largest absolute Gasteiger partial charge is 0.463 e. The van der Waals surface area contributed by atoms with Crippen LogP contribution in [0.15, 0.2) is 16.5 Å². The van der Waals surface area contributed by atoms with E-state index in [0.29, 0.717) is 24.8 Å². The zero-order valence-corrected chi connectivity index (χ0v) is 12.5. The fraction of sp³-hybridized carbons (Fsp3) is 0.600. The number of ether oxygens (including phenoxy) is 1. The zero-order valence-electron chi connectivity index (χ0n) is 12.5. The standard InChI is InChI=1S/C15H22N2O4/c1-10(12-7-8-13(21-12)15(19)20-2)16-9-3-4-14(18)17-11-5-6-11/h7-8,10-11,16H,3-6,9H2,1-2H3,(H,17,18). The highest BCUT2D eigenvalue weighted by Gasteiger charge is 2.22. The van der Waals surface area contributed by atoms with Crippen LogP contribution in [-0.2, 0) is 9.53 Å². The van der Waals surface area contributed by atoms with Crippen LogP contribution in [-0.4, -0.2) is 31.6 Å². The van der Waals surface area contributed by atoms with Crippen LogP contribution >= 0.6 is 0 Å². The van der Waals surface area contributed by atoms with Gasteiger partial charge in [-0.05, 0) is 44.9 Å². The summed E-state index contributed by atoms with van der Waals surface area (Å²) in [7, 11) is 1.32. The van der Waals surface area contributed by atoms with Gasteiger partial charge in [0.25, 0.3) is 0 Å². The molecule has 2 rings (SSSR count). The summed E-state index contributed by atoms with van der Waals surface area (Å²) < 4.78 is 10.0. The molecule has 6 nitrogen and oxygen atoms in total. The second-order valence-electron chi connectivity index (χ2n) is 5.31. The van der Waals surface area contributed by atoms with Gasteiger partial charge in [-0.25, -0.2) is 4.79 Å². The summed E-state index contributed by atoms with van der Waals surface area (Å²) in [5.41, 5.74) is 0. The minimum atomic E-state index is -0.481. The smallest absolute Gasteiger partial charge is 0.373 e. The Morgan fingerprint density at radius 3 is 2.86 bits per heavy atom.